The molecule has 0 bridgehead atoms. The zero-order valence-electron chi connectivity index (χ0n) is 4.89. The third kappa shape index (κ3) is 5.21. The van der Waals surface area contributed by atoms with E-state index in [2.05, 4.69) is 0 Å². The molecular formula is C6H9O2. The first-order valence-electron chi connectivity index (χ1n) is 2.62. The highest BCUT2D eigenvalue weighted by Crippen LogP contribution is 1.84. The normalized spacial score (nSPS) is 10.1. The van der Waals surface area contributed by atoms with Crippen LogP contribution in [0, 0.1) is 0 Å². The average molecular weight is 113 g/mol. The molecule has 0 amide bonds. The lowest BCUT2D eigenvalue weighted by Gasteiger charge is -1.76. The molecule has 0 N–H and O–H groups in total. The molecule has 45 valence electrons. The maximum atomic E-state index is 9.71. The number of carbonyl (C=O) groups is 1. The van der Waals surface area contributed by atoms with Gasteiger partial charge in [0.25, 0.3) is 0 Å². The van der Waals surface area contributed by atoms with Crippen molar-refractivity contribution in [3.63, 3.8) is 0 Å². The summed E-state index contributed by atoms with van der Waals surface area (Å²) in [6.07, 6.45) is 4.31. The molecule has 0 fully saturated rings. The van der Waals surface area contributed by atoms with E-state index in [-0.39, 0.29) is 6.42 Å². The molecule has 1 radical (unpaired) electrons. The first-order chi connectivity index (χ1) is 3.77. The van der Waals surface area contributed by atoms with Gasteiger partial charge in [-0.25, -0.2) is 9.90 Å². The second-order valence-electron chi connectivity index (χ2n) is 1.46. The van der Waals surface area contributed by atoms with Crippen molar-refractivity contribution in [1.82, 2.24) is 0 Å². The van der Waals surface area contributed by atoms with Crippen LogP contribution in [-0.4, -0.2) is 5.97 Å². The standard InChI is InChI=1S/C6H9O2/c1-2-3-4-5-6(7)8/h3-4H,2,5H2,1H3/b4-3-. The van der Waals surface area contributed by atoms with Crippen molar-refractivity contribution in [1.29, 1.82) is 0 Å². The summed E-state index contributed by atoms with van der Waals surface area (Å²) in [5, 5.41) is 9.71. The van der Waals surface area contributed by atoms with Gasteiger partial charge in [-0.3, -0.25) is 0 Å². The summed E-state index contributed by atoms with van der Waals surface area (Å²) in [4.78, 5) is 9.71. The molecule has 0 aromatic rings. The minimum absolute atomic E-state index is 0.0356. The molecular weight excluding hydrogens is 104 g/mol. The fourth-order valence-corrected chi connectivity index (χ4v) is 0.346. The van der Waals surface area contributed by atoms with Crippen LogP contribution < -0.4 is 0 Å². The van der Waals surface area contributed by atoms with Crippen LogP contribution in [-0.2, 0) is 9.90 Å². The molecule has 0 aliphatic carbocycles. The van der Waals surface area contributed by atoms with Gasteiger partial charge in [0.2, 0.25) is 0 Å². The second kappa shape index (κ2) is 4.37. The molecule has 0 unspecified atom stereocenters. The van der Waals surface area contributed by atoms with E-state index in [1.165, 1.54) is 0 Å². The van der Waals surface area contributed by atoms with Crippen molar-refractivity contribution in [3.05, 3.63) is 12.2 Å². The second-order valence-corrected chi connectivity index (χ2v) is 1.46. The smallest absolute Gasteiger partial charge is 0.247 e. The Bertz CT molecular complexity index is 94.7. The lowest BCUT2D eigenvalue weighted by Crippen LogP contribution is -1.86. The van der Waals surface area contributed by atoms with Crippen molar-refractivity contribution in [2.24, 2.45) is 0 Å². The Hall–Kier alpha value is -0.790. The maximum absolute atomic E-state index is 9.71. The molecule has 0 aliphatic heterocycles. The van der Waals surface area contributed by atoms with E-state index >= 15 is 0 Å². The largest absolute Gasteiger partial charge is 0.359 e. The van der Waals surface area contributed by atoms with Gasteiger partial charge in [0.15, 0.2) is 0 Å². The number of allylic oxidation sites excluding steroid dienone is 1. The van der Waals surface area contributed by atoms with Crippen LogP contribution in [0.1, 0.15) is 19.8 Å². The Kier molecular flexibility index (Phi) is 3.94. The van der Waals surface area contributed by atoms with E-state index in [1.54, 1.807) is 12.2 Å². The van der Waals surface area contributed by atoms with Gasteiger partial charge in [0.05, 0.1) is 6.42 Å². The van der Waals surface area contributed by atoms with Crippen molar-refractivity contribution in [2.45, 2.75) is 19.8 Å². The van der Waals surface area contributed by atoms with Crippen LogP contribution in [0.2, 0.25) is 0 Å². The fraction of sp³-hybridized carbons (Fsp3) is 0.500. The first kappa shape index (κ1) is 7.21. The monoisotopic (exact) mass is 113 g/mol. The van der Waals surface area contributed by atoms with Gasteiger partial charge in [0.1, 0.15) is 0 Å². The Morgan fingerprint density at radius 3 is 2.50 bits per heavy atom. The van der Waals surface area contributed by atoms with Crippen LogP contribution in [0.5, 0.6) is 0 Å². The third-order valence-corrected chi connectivity index (χ3v) is 0.687. The van der Waals surface area contributed by atoms with Crippen molar-refractivity contribution in [2.75, 3.05) is 0 Å². The zero-order valence-corrected chi connectivity index (χ0v) is 4.89. The molecule has 0 spiro atoms. The van der Waals surface area contributed by atoms with E-state index < -0.39 is 5.97 Å². The first-order valence-corrected chi connectivity index (χ1v) is 2.62. The molecule has 2 nitrogen and oxygen atoms in total. The Balaban J connectivity index is 3.16. The van der Waals surface area contributed by atoms with E-state index in [9.17, 15) is 9.90 Å². The molecule has 0 aromatic carbocycles. The zero-order chi connectivity index (χ0) is 6.41. The topological polar surface area (TPSA) is 37.0 Å². The highest BCUT2D eigenvalue weighted by atomic mass is 16.4. The van der Waals surface area contributed by atoms with Crippen molar-refractivity contribution in [3.8, 4) is 0 Å². The van der Waals surface area contributed by atoms with Crippen LogP contribution in [0.15, 0.2) is 12.2 Å². The predicted molar refractivity (Wildman–Crippen MR) is 29.7 cm³/mol. The Morgan fingerprint density at radius 2 is 2.12 bits per heavy atom. The fourth-order valence-electron chi connectivity index (χ4n) is 0.346. The third-order valence-electron chi connectivity index (χ3n) is 0.687. The quantitative estimate of drug-likeness (QED) is 0.508. The van der Waals surface area contributed by atoms with E-state index in [1.807, 2.05) is 6.92 Å². The average Bonchev–Trinajstić information content (AvgIpc) is 1.66. The van der Waals surface area contributed by atoms with Crippen LogP contribution in [0.25, 0.3) is 0 Å². The molecule has 8 heavy (non-hydrogen) atoms. The number of hydrogen-bond acceptors (Lipinski definition) is 1. The molecule has 0 rings (SSSR count). The Morgan fingerprint density at radius 1 is 1.50 bits per heavy atom. The lowest BCUT2D eigenvalue weighted by atomic mass is 10.3. The van der Waals surface area contributed by atoms with Crippen LogP contribution in [0.4, 0.5) is 0 Å². The summed E-state index contributed by atoms with van der Waals surface area (Å²) in [6, 6.07) is 0. The van der Waals surface area contributed by atoms with Crippen LogP contribution in [0.3, 0.4) is 0 Å². The van der Waals surface area contributed by atoms with Crippen molar-refractivity contribution < 1.29 is 9.90 Å². The molecule has 0 atom stereocenters. The summed E-state index contributed by atoms with van der Waals surface area (Å²) >= 11 is 0. The van der Waals surface area contributed by atoms with Gasteiger partial charge in [0, 0.05) is 0 Å². The molecule has 0 aromatic heterocycles. The highest BCUT2D eigenvalue weighted by Gasteiger charge is 1.90. The molecule has 2 heteroatoms. The van der Waals surface area contributed by atoms with Crippen molar-refractivity contribution >= 4 is 5.97 Å². The van der Waals surface area contributed by atoms with E-state index in [0.717, 1.165) is 6.42 Å². The highest BCUT2D eigenvalue weighted by molar-refractivity contribution is 5.68. The van der Waals surface area contributed by atoms with Crippen LogP contribution >= 0.6 is 0 Å². The summed E-state index contributed by atoms with van der Waals surface area (Å²) in [5.74, 6) is -1.02. The summed E-state index contributed by atoms with van der Waals surface area (Å²) in [6.45, 7) is 1.95. The maximum Gasteiger partial charge on any atom is 0.359 e. The molecule has 0 heterocycles. The summed E-state index contributed by atoms with van der Waals surface area (Å²) in [5.41, 5.74) is 0. The minimum Gasteiger partial charge on any atom is -0.247 e. The lowest BCUT2D eigenvalue weighted by molar-refractivity contribution is -0.142. The van der Waals surface area contributed by atoms with Gasteiger partial charge < -0.3 is 0 Å². The summed E-state index contributed by atoms with van der Waals surface area (Å²) in [7, 11) is 0. The summed E-state index contributed by atoms with van der Waals surface area (Å²) < 4.78 is 0. The number of rotatable bonds is 3. The number of carbonyl (C=O) groups excluding carboxylic acids is 1. The minimum atomic E-state index is -1.02. The van der Waals surface area contributed by atoms with Gasteiger partial charge in [-0.2, -0.15) is 0 Å². The number of hydrogen-bond donors (Lipinski definition) is 0. The SMILES string of the molecule is CC/C=C\CC([O])=O. The van der Waals surface area contributed by atoms with Gasteiger partial charge in [-0.1, -0.05) is 19.1 Å². The molecule has 0 aliphatic rings. The molecule has 0 saturated heterocycles. The molecule has 0 saturated carbocycles. The van der Waals surface area contributed by atoms with E-state index in [0.29, 0.717) is 0 Å². The predicted octanol–water partition coefficient (Wildman–Crippen LogP) is 1.30. The van der Waals surface area contributed by atoms with Gasteiger partial charge in [-0.15, -0.1) is 0 Å². The van der Waals surface area contributed by atoms with Gasteiger partial charge >= 0.3 is 5.97 Å². The van der Waals surface area contributed by atoms with E-state index in [4.69, 9.17) is 0 Å². The Labute approximate surface area is 48.8 Å². The van der Waals surface area contributed by atoms with Gasteiger partial charge in [-0.05, 0) is 6.42 Å².